The fourth-order valence-electron chi connectivity index (χ4n) is 4.80. The minimum Gasteiger partial charge on any atom is -0.481 e. The zero-order valence-corrected chi connectivity index (χ0v) is 23.2. The molecule has 0 aromatic heterocycles. The summed E-state index contributed by atoms with van der Waals surface area (Å²) in [6.45, 7) is 0.420. The number of carbonyl (C=O) groups is 2. The van der Waals surface area contributed by atoms with Crippen LogP contribution in [0.25, 0.3) is 0 Å². The van der Waals surface area contributed by atoms with Crippen molar-refractivity contribution in [1.29, 1.82) is 0 Å². The molecular weight excluding hydrogens is 516 g/mol. The van der Waals surface area contributed by atoms with E-state index in [2.05, 4.69) is 17.1 Å². The summed E-state index contributed by atoms with van der Waals surface area (Å²) in [4.78, 5) is 24.4. The summed E-state index contributed by atoms with van der Waals surface area (Å²) in [5, 5.41) is 48.0. The predicted octanol–water partition coefficient (Wildman–Crippen LogP) is 1.77. The summed E-state index contributed by atoms with van der Waals surface area (Å²) < 4.78 is 0. The Kier molecular flexibility index (Phi) is 17.5. The molecule has 0 saturated heterocycles. The summed E-state index contributed by atoms with van der Waals surface area (Å²) >= 11 is 0. The van der Waals surface area contributed by atoms with Gasteiger partial charge in [0.05, 0.1) is 18.3 Å². The standard InChI is InChI=1S/C23H34O5.C6H14N4O2/c24-18(13-12-17-8-4-3-5-9-17)14-15-20-19(21(25)16-22(20)26)10-6-1-2-7-11-23(27)28;7-4(5(11)12)2-1-3-10-6(8)9/h1,3-6,8-9,18-22,24-26H,2,7,10-16H2,(H,27,28);4H,1-3,7H2,(H,11,12)(H4,8,9,10)/b6-1-;/t18-,19+,20+,21-,22+;4-/m00/s1. The van der Waals surface area contributed by atoms with Crippen LogP contribution >= 0.6 is 0 Å². The van der Waals surface area contributed by atoms with Crippen LogP contribution in [0.1, 0.15) is 69.8 Å². The summed E-state index contributed by atoms with van der Waals surface area (Å²) in [6, 6.07) is 9.27. The van der Waals surface area contributed by atoms with E-state index in [1.165, 1.54) is 5.56 Å². The van der Waals surface area contributed by atoms with E-state index < -0.39 is 36.3 Å². The highest BCUT2D eigenvalue weighted by Gasteiger charge is 2.40. The van der Waals surface area contributed by atoms with Crippen LogP contribution in [-0.2, 0) is 16.0 Å². The van der Waals surface area contributed by atoms with Crippen LogP contribution in [0, 0.1) is 11.8 Å². The second kappa shape index (κ2) is 20.0. The Hall–Kier alpha value is -2.99. The number of hydrogen-bond donors (Lipinski definition) is 8. The minimum absolute atomic E-state index is 0.00736. The van der Waals surface area contributed by atoms with Gasteiger partial charge in [-0.3, -0.25) is 14.6 Å². The molecule has 0 aliphatic heterocycles. The number of carboxylic acids is 2. The first-order valence-electron chi connectivity index (χ1n) is 14.0. The van der Waals surface area contributed by atoms with Gasteiger partial charge >= 0.3 is 11.9 Å². The zero-order valence-electron chi connectivity index (χ0n) is 23.2. The Morgan fingerprint density at radius 2 is 1.65 bits per heavy atom. The molecule has 40 heavy (non-hydrogen) atoms. The molecule has 0 amide bonds. The van der Waals surface area contributed by atoms with Crippen molar-refractivity contribution in [3.63, 3.8) is 0 Å². The van der Waals surface area contributed by atoms with Crippen molar-refractivity contribution in [3.8, 4) is 0 Å². The molecule has 1 aromatic rings. The molecule has 1 aliphatic rings. The van der Waals surface area contributed by atoms with E-state index in [-0.39, 0.29) is 24.2 Å². The molecule has 11 nitrogen and oxygen atoms in total. The molecule has 11 heteroatoms. The van der Waals surface area contributed by atoms with Gasteiger partial charge in [0.15, 0.2) is 5.96 Å². The maximum absolute atomic E-state index is 10.5. The van der Waals surface area contributed by atoms with E-state index in [9.17, 15) is 24.9 Å². The van der Waals surface area contributed by atoms with Gasteiger partial charge in [0.25, 0.3) is 0 Å². The number of aliphatic imine (C=N–C) groups is 1. The van der Waals surface area contributed by atoms with E-state index in [4.69, 9.17) is 27.4 Å². The average molecular weight is 565 g/mol. The molecule has 0 spiro atoms. The Morgan fingerprint density at radius 3 is 2.27 bits per heavy atom. The fourth-order valence-corrected chi connectivity index (χ4v) is 4.80. The van der Waals surface area contributed by atoms with Gasteiger partial charge in [-0.2, -0.15) is 0 Å². The van der Waals surface area contributed by atoms with Crippen LogP contribution < -0.4 is 17.2 Å². The van der Waals surface area contributed by atoms with Crippen LogP contribution in [0.2, 0.25) is 0 Å². The van der Waals surface area contributed by atoms with E-state index in [1.54, 1.807) is 0 Å². The monoisotopic (exact) mass is 564 g/mol. The van der Waals surface area contributed by atoms with Crippen molar-refractivity contribution in [2.45, 2.75) is 95.0 Å². The van der Waals surface area contributed by atoms with Crippen LogP contribution in [-0.4, -0.2) is 74.3 Å². The number of rotatable bonds is 17. The third-order valence-corrected chi connectivity index (χ3v) is 7.08. The predicted molar refractivity (Wildman–Crippen MR) is 154 cm³/mol. The van der Waals surface area contributed by atoms with Crippen molar-refractivity contribution in [1.82, 2.24) is 0 Å². The number of aliphatic hydroxyl groups excluding tert-OH is 3. The first kappa shape index (κ1) is 35.0. The topological polar surface area (TPSA) is 226 Å². The van der Waals surface area contributed by atoms with Gasteiger partial charge in [-0.1, -0.05) is 42.5 Å². The SMILES string of the molecule is NC(N)=NCCC[C@H](N)C(=O)O.O=C(O)CCC/C=C\C[C@@H]1[C@@H](CC[C@@H](O)CCc2ccccc2)[C@H](O)C[C@@H]1O. The summed E-state index contributed by atoms with van der Waals surface area (Å²) in [7, 11) is 0. The highest BCUT2D eigenvalue weighted by Crippen LogP contribution is 2.38. The lowest BCUT2D eigenvalue weighted by atomic mass is 9.85. The van der Waals surface area contributed by atoms with Crippen molar-refractivity contribution in [3.05, 3.63) is 48.0 Å². The molecule has 226 valence electrons. The molecule has 6 atom stereocenters. The van der Waals surface area contributed by atoms with Gasteiger partial charge in [-0.25, -0.2) is 0 Å². The fraction of sp³-hybridized carbons (Fsp3) is 0.621. The second-order valence-corrected chi connectivity index (χ2v) is 10.3. The molecule has 2 rings (SSSR count). The molecular formula is C29H48N4O7. The van der Waals surface area contributed by atoms with Crippen molar-refractivity contribution < 1.29 is 35.1 Å². The Balaban J connectivity index is 0.000000562. The third-order valence-electron chi connectivity index (χ3n) is 7.08. The van der Waals surface area contributed by atoms with Crippen LogP contribution in [0.15, 0.2) is 47.5 Å². The normalized spacial score (nSPS) is 21.8. The third kappa shape index (κ3) is 15.6. The van der Waals surface area contributed by atoms with Gasteiger partial charge in [-0.15, -0.1) is 0 Å². The van der Waals surface area contributed by atoms with Crippen molar-refractivity contribution in [2.75, 3.05) is 6.54 Å². The number of carboxylic acid groups (broad SMARTS) is 2. The van der Waals surface area contributed by atoms with Crippen molar-refractivity contribution >= 4 is 17.9 Å². The van der Waals surface area contributed by atoms with E-state index >= 15 is 0 Å². The van der Waals surface area contributed by atoms with Crippen LogP contribution in [0.5, 0.6) is 0 Å². The lowest BCUT2D eigenvalue weighted by Gasteiger charge is -2.23. The molecule has 0 bridgehead atoms. The summed E-state index contributed by atoms with van der Waals surface area (Å²) in [5.41, 5.74) is 16.5. The van der Waals surface area contributed by atoms with Gasteiger partial charge in [0.2, 0.25) is 0 Å². The smallest absolute Gasteiger partial charge is 0.320 e. The molecule has 1 fully saturated rings. The van der Waals surface area contributed by atoms with Crippen LogP contribution in [0.4, 0.5) is 0 Å². The number of hydrogen-bond acceptors (Lipinski definition) is 7. The molecule has 0 unspecified atom stereocenters. The molecule has 11 N–H and O–H groups in total. The number of benzene rings is 1. The highest BCUT2D eigenvalue weighted by atomic mass is 16.4. The first-order chi connectivity index (χ1) is 19.0. The van der Waals surface area contributed by atoms with E-state index in [0.717, 1.165) is 6.42 Å². The van der Waals surface area contributed by atoms with Gasteiger partial charge in [0, 0.05) is 13.0 Å². The van der Waals surface area contributed by atoms with Crippen molar-refractivity contribution in [2.24, 2.45) is 34.0 Å². The Labute approximate surface area is 236 Å². The quantitative estimate of drug-likeness (QED) is 0.0592. The minimum atomic E-state index is -1.00. The number of guanidine groups is 1. The number of aryl methyl sites for hydroxylation is 1. The number of nitrogens with zero attached hydrogens (tertiary/aromatic N) is 1. The second-order valence-electron chi connectivity index (χ2n) is 10.3. The maximum atomic E-state index is 10.5. The number of allylic oxidation sites excluding steroid dienone is 2. The zero-order chi connectivity index (χ0) is 29.9. The lowest BCUT2D eigenvalue weighted by Crippen LogP contribution is -2.30. The van der Waals surface area contributed by atoms with E-state index in [0.29, 0.717) is 64.3 Å². The molecule has 0 heterocycles. The number of aliphatic hydroxyl groups is 3. The van der Waals surface area contributed by atoms with E-state index in [1.807, 2.05) is 30.4 Å². The van der Waals surface area contributed by atoms with Gasteiger partial charge < -0.3 is 42.7 Å². The number of nitrogens with two attached hydrogens (primary N) is 3. The summed E-state index contributed by atoms with van der Waals surface area (Å²) in [6.07, 6.45) is 8.87. The van der Waals surface area contributed by atoms with Gasteiger partial charge in [0.1, 0.15) is 6.04 Å². The maximum Gasteiger partial charge on any atom is 0.320 e. The Morgan fingerprint density at radius 1 is 0.975 bits per heavy atom. The molecule has 1 aromatic carbocycles. The molecule has 0 radical (unpaired) electrons. The molecule has 1 aliphatic carbocycles. The average Bonchev–Trinajstić information content (AvgIpc) is 3.18. The Bertz CT molecular complexity index is 909. The number of unbranched alkanes of at least 4 members (excludes halogenated alkanes) is 1. The largest absolute Gasteiger partial charge is 0.481 e. The lowest BCUT2D eigenvalue weighted by molar-refractivity contribution is -0.139. The molecule has 1 saturated carbocycles. The first-order valence-corrected chi connectivity index (χ1v) is 14.0. The summed E-state index contributed by atoms with van der Waals surface area (Å²) in [5.74, 6) is -1.79. The van der Waals surface area contributed by atoms with Gasteiger partial charge in [-0.05, 0) is 81.6 Å². The number of aliphatic carboxylic acids is 2. The van der Waals surface area contributed by atoms with Crippen LogP contribution in [0.3, 0.4) is 0 Å². The highest BCUT2D eigenvalue weighted by molar-refractivity contribution is 5.75.